The molecule has 2 rings (SSSR count). The molecule has 1 saturated heterocycles. The monoisotopic (exact) mass is 374 g/mol. The quantitative estimate of drug-likeness (QED) is 0.618. The molecule has 1 unspecified atom stereocenters. The van der Waals surface area contributed by atoms with E-state index in [9.17, 15) is 8.42 Å². The molecule has 0 spiro atoms. The first-order chi connectivity index (χ1) is 11.9. The molecule has 1 aliphatic carbocycles. The van der Waals surface area contributed by atoms with E-state index in [-0.39, 0.29) is 6.04 Å². The van der Waals surface area contributed by atoms with Gasteiger partial charge in [-0.25, -0.2) is 0 Å². The van der Waals surface area contributed by atoms with Gasteiger partial charge in [0, 0.05) is 38.8 Å². The molecule has 2 fully saturated rings. The average molecular weight is 375 g/mol. The fraction of sp³-hybridized carbons (Fsp3) is 1.00. The maximum Gasteiger partial charge on any atom is 0.282 e. The van der Waals surface area contributed by atoms with Gasteiger partial charge in [-0.15, -0.1) is 0 Å². The van der Waals surface area contributed by atoms with Crippen LogP contribution >= 0.6 is 0 Å². The molecule has 0 aromatic heterocycles. The molecule has 6 nitrogen and oxygen atoms in total. The van der Waals surface area contributed by atoms with Crippen molar-refractivity contribution in [3.8, 4) is 0 Å². The third-order valence-electron chi connectivity index (χ3n) is 5.90. The van der Waals surface area contributed by atoms with Crippen molar-refractivity contribution in [3.05, 3.63) is 0 Å². The highest BCUT2D eigenvalue weighted by Gasteiger charge is 2.35. The molecule has 1 heterocycles. The summed E-state index contributed by atoms with van der Waals surface area (Å²) >= 11 is 0. The van der Waals surface area contributed by atoms with E-state index in [1.54, 1.807) is 15.7 Å². The van der Waals surface area contributed by atoms with E-state index in [1.807, 2.05) is 14.1 Å². The van der Waals surface area contributed by atoms with Crippen molar-refractivity contribution in [2.75, 3.05) is 53.9 Å². The van der Waals surface area contributed by atoms with Gasteiger partial charge in [0.1, 0.15) is 0 Å². The highest BCUT2D eigenvalue weighted by Crippen LogP contribution is 2.26. The molecule has 7 heteroatoms. The van der Waals surface area contributed by atoms with Crippen molar-refractivity contribution >= 4 is 10.2 Å². The van der Waals surface area contributed by atoms with Crippen molar-refractivity contribution in [2.24, 2.45) is 0 Å². The largest absolute Gasteiger partial charge is 0.308 e. The summed E-state index contributed by atoms with van der Waals surface area (Å²) in [5, 5.41) is 0. The van der Waals surface area contributed by atoms with Crippen LogP contribution in [0.4, 0.5) is 0 Å². The molecular formula is C18H38N4O2S. The first-order valence-electron chi connectivity index (χ1n) is 9.98. The summed E-state index contributed by atoms with van der Waals surface area (Å²) in [4.78, 5) is 4.49. The van der Waals surface area contributed by atoms with E-state index < -0.39 is 10.2 Å². The molecule has 0 aromatic carbocycles. The predicted molar refractivity (Wildman–Crippen MR) is 104 cm³/mol. The number of hydrogen-bond acceptors (Lipinski definition) is 4. The number of likely N-dealkylation sites (N-methyl/N-ethyl adjacent to an activating group) is 2. The van der Waals surface area contributed by atoms with Gasteiger partial charge in [0.05, 0.1) is 0 Å². The van der Waals surface area contributed by atoms with E-state index in [0.717, 1.165) is 51.7 Å². The lowest BCUT2D eigenvalue weighted by Crippen LogP contribution is -2.52. The Kier molecular flexibility index (Phi) is 8.14. The second-order valence-electron chi connectivity index (χ2n) is 7.90. The fourth-order valence-corrected chi connectivity index (χ4v) is 5.81. The van der Waals surface area contributed by atoms with Gasteiger partial charge in [-0.2, -0.15) is 17.0 Å². The number of hydrogen-bond donors (Lipinski definition) is 0. The summed E-state index contributed by atoms with van der Waals surface area (Å²) < 4.78 is 30.1. The summed E-state index contributed by atoms with van der Waals surface area (Å²) in [6, 6.07) is 0.535. The van der Waals surface area contributed by atoms with Crippen LogP contribution in [-0.4, -0.2) is 92.8 Å². The minimum atomic E-state index is -3.40. The molecule has 0 radical (unpaired) electrons. The van der Waals surface area contributed by atoms with Gasteiger partial charge in [-0.1, -0.05) is 26.2 Å². The lowest BCUT2D eigenvalue weighted by molar-refractivity contribution is 0.205. The van der Waals surface area contributed by atoms with E-state index in [4.69, 9.17) is 0 Å². The Balaban J connectivity index is 2.11. The third kappa shape index (κ3) is 5.63. The van der Waals surface area contributed by atoms with Crippen LogP contribution in [0.5, 0.6) is 0 Å². The summed E-state index contributed by atoms with van der Waals surface area (Å²) in [6.07, 6.45) is 7.82. The van der Waals surface area contributed by atoms with Crippen molar-refractivity contribution in [2.45, 2.75) is 64.0 Å². The Bertz CT molecular complexity index is 491. The first kappa shape index (κ1) is 21.1. The number of rotatable bonds is 9. The second-order valence-corrected chi connectivity index (χ2v) is 9.89. The van der Waals surface area contributed by atoms with E-state index >= 15 is 0 Å². The molecule has 1 atom stereocenters. The van der Waals surface area contributed by atoms with Crippen LogP contribution in [0.25, 0.3) is 0 Å². The molecule has 148 valence electrons. The fourth-order valence-electron chi connectivity index (χ4n) is 4.18. The Morgan fingerprint density at radius 3 is 2.24 bits per heavy atom. The molecule has 0 bridgehead atoms. The average Bonchev–Trinajstić information content (AvgIpc) is 3.05. The maximum absolute atomic E-state index is 13.3. The Morgan fingerprint density at radius 2 is 1.64 bits per heavy atom. The standard InChI is InChI=1S/C18H38N4O2S/c1-5-21-13-9-12-18(21)16-22(15-14-19(2)3)25(23,24)20(4)17-10-7-6-8-11-17/h17-18H,5-16H2,1-4H3. The Labute approximate surface area is 155 Å². The molecule has 1 aliphatic heterocycles. The number of nitrogens with zero attached hydrogens (tertiary/aromatic N) is 4. The molecule has 0 N–H and O–H groups in total. The predicted octanol–water partition coefficient (Wildman–Crippen LogP) is 1.84. The first-order valence-corrected chi connectivity index (χ1v) is 11.4. The van der Waals surface area contributed by atoms with E-state index in [1.165, 1.54) is 12.8 Å². The van der Waals surface area contributed by atoms with E-state index in [2.05, 4.69) is 16.7 Å². The van der Waals surface area contributed by atoms with Crippen LogP contribution in [0.15, 0.2) is 0 Å². The topological polar surface area (TPSA) is 47.1 Å². The van der Waals surface area contributed by atoms with Crippen molar-refractivity contribution in [3.63, 3.8) is 0 Å². The van der Waals surface area contributed by atoms with Crippen LogP contribution < -0.4 is 0 Å². The van der Waals surface area contributed by atoms with Crippen LogP contribution in [-0.2, 0) is 10.2 Å². The van der Waals surface area contributed by atoms with Crippen LogP contribution in [0.1, 0.15) is 51.9 Å². The molecule has 0 amide bonds. The summed E-state index contributed by atoms with van der Waals surface area (Å²) in [5.41, 5.74) is 0. The highest BCUT2D eigenvalue weighted by atomic mass is 32.2. The summed E-state index contributed by atoms with van der Waals surface area (Å²) in [7, 11) is 2.40. The Morgan fingerprint density at radius 1 is 0.960 bits per heavy atom. The smallest absolute Gasteiger partial charge is 0.282 e. The maximum atomic E-state index is 13.3. The van der Waals surface area contributed by atoms with Crippen LogP contribution in [0, 0.1) is 0 Å². The molecular weight excluding hydrogens is 336 g/mol. The molecule has 25 heavy (non-hydrogen) atoms. The summed E-state index contributed by atoms with van der Waals surface area (Å²) in [6.45, 7) is 6.23. The SMILES string of the molecule is CCN1CCCC1CN(CCN(C)C)S(=O)(=O)N(C)C1CCCCC1. The van der Waals surface area contributed by atoms with Gasteiger partial charge in [-0.3, -0.25) is 4.90 Å². The molecule has 2 aliphatic rings. The summed E-state index contributed by atoms with van der Waals surface area (Å²) in [5.74, 6) is 0. The third-order valence-corrected chi connectivity index (χ3v) is 7.91. The lowest BCUT2D eigenvalue weighted by Gasteiger charge is -2.37. The van der Waals surface area contributed by atoms with Gasteiger partial charge < -0.3 is 4.90 Å². The van der Waals surface area contributed by atoms with Gasteiger partial charge in [0.2, 0.25) is 0 Å². The highest BCUT2D eigenvalue weighted by molar-refractivity contribution is 7.86. The van der Waals surface area contributed by atoms with Crippen molar-refractivity contribution in [1.82, 2.24) is 18.4 Å². The lowest BCUT2D eigenvalue weighted by atomic mass is 9.96. The minimum Gasteiger partial charge on any atom is -0.308 e. The van der Waals surface area contributed by atoms with Crippen LogP contribution in [0.2, 0.25) is 0 Å². The normalized spacial score (nSPS) is 24.0. The minimum absolute atomic E-state index is 0.173. The van der Waals surface area contributed by atoms with Gasteiger partial charge in [0.15, 0.2) is 0 Å². The van der Waals surface area contributed by atoms with Crippen LogP contribution in [0.3, 0.4) is 0 Å². The van der Waals surface area contributed by atoms with Crippen molar-refractivity contribution in [1.29, 1.82) is 0 Å². The molecule has 0 aromatic rings. The second kappa shape index (κ2) is 9.65. The van der Waals surface area contributed by atoms with E-state index in [0.29, 0.717) is 19.1 Å². The van der Waals surface area contributed by atoms with Gasteiger partial charge in [0.25, 0.3) is 10.2 Å². The van der Waals surface area contributed by atoms with Crippen molar-refractivity contribution < 1.29 is 8.42 Å². The number of likely N-dealkylation sites (tertiary alicyclic amines) is 1. The van der Waals surface area contributed by atoms with Gasteiger partial charge in [-0.05, 0) is 52.9 Å². The zero-order chi connectivity index (χ0) is 18.4. The zero-order valence-electron chi connectivity index (χ0n) is 16.7. The van der Waals surface area contributed by atoms with Gasteiger partial charge >= 0.3 is 0 Å². The molecule has 1 saturated carbocycles. The zero-order valence-corrected chi connectivity index (χ0v) is 17.5. The Hall–Kier alpha value is -0.210.